The van der Waals surface area contributed by atoms with Crippen molar-refractivity contribution < 1.29 is 51.8 Å². The highest BCUT2D eigenvalue weighted by Crippen LogP contribution is 2.07. The predicted molar refractivity (Wildman–Crippen MR) is 57.3 cm³/mol. The first-order valence-electron chi connectivity index (χ1n) is 5.33. The molecule has 0 aromatic carbocycles. The number of hydrogen-bond donors (Lipinski definition) is 1. The van der Waals surface area contributed by atoms with Gasteiger partial charge in [0.05, 0.1) is 0 Å². The summed E-state index contributed by atoms with van der Waals surface area (Å²) in [6.45, 7) is 2.50. The van der Waals surface area contributed by atoms with Crippen LogP contribution in [0.5, 0.6) is 0 Å². The lowest BCUT2D eigenvalue weighted by Gasteiger charge is -2.08. The summed E-state index contributed by atoms with van der Waals surface area (Å²) in [5, 5.41) is 3.28. The Bertz CT molecular complexity index is 162. The average molecular weight is 346 g/mol. The molecule has 21 heavy (non-hydrogen) atoms. The van der Waals surface area contributed by atoms with Crippen molar-refractivity contribution in [2.24, 2.45) is 0 Å². The van der Waals surface area contributed by atoms with Gasteiger partial charge in [-0.15, -0.1) is 0 Å². The van der Waals surface area contributed by atoms with Crippen LogP contribution in [0, 0.1) is 0 Å². The van der Waals surface area contributed by atoms with Crippen molar-refractivity contribution in [1.29, 1.82) is 0 Å². The summed E-state index contributed by atoms with van der Waals surface area (Å²) in [6, 6.07) is 0. The maximum Gasteiger partial charge on any atom is 0.673 e. The highest BCUT2D eigenvalue weighted by atomic mass is 19.5. The summed E-state index contributed by atoms with van der Waals surface area (Å²) in [6.07, 6.45) is 4.22. The average Bonchev–Trinajstić information content (AvgIpc) is 2.12. The van der Waals surface area contributed by atoms with E-state index in [1.54, 1.807) is 0 Å². The second-order valence-corrected chi connectivity index (χ2v) is 3.30. The van der Waals surface area contributed by atoms with E-state index in [4.69, 9.17) is 0 Å². The Morgan fingerprint density at radius 2 is 0.619 bits per heavy atom. The largest absolute Gasteiger partial charge is 0.673 e. The van der Waals surface area contributed by atoms with Gasteiger partial charge in [-0.2, -0.15) is 0 Å². The van der Waals surface area contributed by atoms with Gasteiger partial charge in [0.15, 0.2) is 0 Å². The molecule has 0 amide bonds. The maximum atomic E-state index is 9.75. The molecule has 1 aliphatic heterocycles. The van der Waals surface area contributed by atoms with Gasteiger partial charge in [-0.05, 0) is 25.9 Å². The molecule has 1 aliphatic rings. The number of rotatable bonds is 0. The van der Waals surface area contributed by atoms with Crippen LogP contribution in [0.15, 0.2) is 0 Å². The van der Waals surface area contributed by atoms with Crippen LogP contribution in [0.25, 0.3) is 0 Å². The van der Waals surface area contributed by atoms with Crippen molar-refractivity contribution in [2.75, 3.05) is 13.1 Å². The number of halogens is 12. The first-order chi connectivity index (χ1) is 9.00. The van der Waals surface area contributed by atoms with E-state index < -0.39 is 21.8 Å². The molecule has 0 aliphatic carbocycles. The summed E-state index contributed by atoms with van der Waals surface area (Å²) in [5.41, 5.74) is 0. The summed E-state index contributed by atoms with van der Waals surface area (Å²) < 4.78 is 117. The van der Waals surface area contributed by atoms with Gasteiger partial charge in [0.2, 0.25) is 0 Å². The standard InChI is InChI=1S/C5H11N.3BF4/c1-2-4-6-5-3-1;3*2-1(3,4)5/h6H,1-5H2;;;/q;3*-1. The predicted octanol–water partition coefficient (Wildman–Crippen LogP) is 4.66. The zero-order chi connectivity index (χ0) is 17.7. The van der Waals surface area contributed by atoms with Crippen LogP contribution in [-0.4, -0.2) is 34.9 Å². The third-order valence-electron chi connectivity index (χ3n) is 1.21. The van der Waals surface area contributed by atoms with Crippen LogP contribution in [0.2, 0.25) is 0 Å². The molecule has 1 rings (SSSR count). The molecule has 0 spiro atoms. The summed E-state index contributed by atoms with van der Waals surface area (Å²) >= 11 is 0. The number of piperidine rings is 1. The molecule has 0 atom stereocenters. The van der Waals surface area contributed by atoms with Gasteiger partial charge in [0.25, 0.3) is 0 Å². The molecule has 0 bridgehead atoms. The minimum absolute atomic E-state index is 1.25. The quantitative estimate of drug-likeness (QED) is 0.497. The van der Waals surface area contributed by atoms with E-state index in [1.165, 1.54) is 32.4 Å². The second kappa shape index (κ2) is 11.9. The third kappa shape index (κ3) is 205. The minimum atomic E-state index is -6.00. The third-order valence-corrected chi connectivity index (χ3v) is 1.21. The molecular weight excluding hydrogens is 334 g/mol. The topological polar surface area (TPSA) is 12.0 Å². The maximum absolute atomic E-state index is 9.75. The van der Waals surface area contributed by atoms with Crippen LogP contribution >= 0.6 is 0 Å². The van der Waals surface area contributed by atoms with Crippen molar-refractivity contribution in [3.05, 3.63) is 0 Å². The fraction of sp³-hybridized carbons (Fsp3) is 1.00. The van der Waals surface area contributed by atoms with E-state index >= 15 is 0 Å². The molecule has 1 N–H and O–H groups in total. The van der Waals surface area contributed by atoms with Crippen LogP contribution in [0.4, 0.5) is 51.8 Å². The van der Waals surface area contributed by atoms with Crippen LogP contribution < -0.4 is 5.32 Å². The van der Waals surface area contributed by atoms with Gasteiger partial charge in [-0.25, -0.2) is 0 Å². The molecular formula is C5H11B3F12N-3. The molecule has 0 unspecified atom stereocenters. The Morgan fingerprint density at radius 1 is 0.429 bits per heavy atom. The zero-order valence-corrected chi connectivity index (χ0v) is 10.3. The highest BCUT2D eigenvalue weighted by molar-refractivity contribution is 6.50. The Labute approximate surface area is 112 Å². The molecule has 0 saturated carbocycles. The summed E-state index contributed by atoms with van der Waals surface area (Å²) in [7, 11) is -18.0. The molecule has 1 saturated heterocycles. The van der Waals surface area contributed by atoms with Gasteiger partial charge in [-0.1, -0.05) is 6.42 Å². The van der Waals surface area contributed by atoms with Gasteiger partial charge in [0.1, 0.15) is 0 Å². The Hall–Kier alpha value is -0.685. The molecule has 1 fully saturated rings. The minimum Gasteiger partial charge on any atom is -0.418 e. The van der Waals surface area contributed by atoms with Crippen molar-refractivity contribution >= 4 is 21.8 Å². The molecule has 16 heteroatoms. The Kier molecular flexibility index (Phi) is 14.3. The SMILES string of the molecule is C1CCNCC1.F[B-](F)(F)F.F[B-](F)(F)F.F[B-](F)(F)F. The van der Waals surface area contributed by atoms with Gasteiger partial charge >= 0.3 is 21.8 Å². The summed E-state index contributed by atoms with van der Waals surface area (Å²) in [4.78, 5) is 0. The lowest BCUT2D eigenvalue weighted by molar-refractivity contribution is 0.366. The first-order valence-corrected chi connectivity index (χ1v) is 5.33. The number of nitrogens with one attached hydrogen (secondary N) is 1. The molecule has 0 aromatic rings. The monoisotopic (exact) mass is 346 g/mol. The van der Waals surface area contributed by atoms with Crippen LogP contribution in [0.1, 0.15) is 19.3 Å². The van der Waals surface area contributed by atoms with Crippen molar-refractivity contribution in [3.63, 3.8) is 0 Å². The Morgan fingerprint density at radius 3 is 0.667 bits per heavy atom. The molecule has 0 aromatic heterocycles. The van der Waals surface area contributed by atoms with Gasteiger partial charge in [0, 0.05) is 0 Å². The number of hydrogen-bond acceptors (Lipinski definition) is 1. The van der Waals surface area contributed by atoms with Gasteiger partial charge in [-0.3, -0.25) is 0 Å². The van der Waals surface area contributed by atoms with Crippen LogP contribution in [0.3, 0.4) is 0 Å². The second-order valence-electron chi connectivity index (χ2n) is 3.30. The fourth-order valence-electron chi connectivity index (χ4n) is 0.802. The Balaban J connectivity index is -0.000000207. The first kappa shape index (κ1) is 25.3. The summed E-state index contributed by atoms with van der Waals surface area (Å²) in [5.74, 6) is 0. The van der Waals surface area contributed by atoms with E-state index in [1.807, 2.05) is 0 Å². The smallest absolute Gasteiger partial charge is 0.418 e. The highest BCUT2D eigenvalue weighted by Gasteiger charge is 2.21. The lowest BCUT2D eigenvalue weighted by Crippen LogP contribution is -2.21. The van der Waals surface area contributed by atoms with E-state index in [9.17, 15) is 51.8 Å². The van der Waals surface area contributed by atoms with Crippen LogP contribution in [-0.2, 0) is 0 Å². The zero-order valence-electron chi connectivity index (χ0n) is 10.3. The van der Waals surface area contributed by atoms with Crippen molar-refractivity contribution in [1.82, 2.24) is 5.32 Å². The van der Waals surface area contributed by atoms with Gasteiger partial charge < -0.3 is 57.1 Å². The normalized spacial score (nSPS) is 15.4. The molecule has 132 valence electrons. The van der Waals surface area contributed by atoms with E-state index in [0.29, 0.717) is 0 Å². The molecule has 1 heterocycles. The molecule has 1 nitrogen and oxygen atoms in total. The molecule has 0 radical (unpaired) electrons. The van der Waals surface area contributed by atoms with E-state index in [0.717, 1.165) is 0 Å². The van der Waals surface area contributed by atoms with E-state index in [-0.39, 0.29) is 0 Å². The lowest BCUT2D eigenvalue weighted by atomic mass is 10.2. The van der Waals surface area contributed by atoms with E-state index in [2.05, 4.69) is 5.32 Å². The van der Waals surface area contributed by atoms with Crippen molar-refractivity contribution in [3.8, 4) is 0 Å². The fourth-order valence-corrected chi connectivity index (χ4v) is 0.802. The van der Waals surface area contributed by atoms with Crippen molar-refractivity contribution in [2.45, 2.75) is 19.3 Å².